The van der Waals surface area contributed by atoms with Crippen molar-refractivity contribution in [3.8, 4) is 0 Å². The Labute approximate surface area is 128 Å². The Morgan fingerprint density at radius 1 is 1.52 bits per heavy atom. The lowest BCUT2D eigenvalue weighted by Crippen LogP contribution is -2.51. The number of hydrogen-bond donors (Lipinski definition) is 2. The highest BCUT2D eigenvalue weighted by atomic mass is 35.5. The number of amides is 1. The number of carbonyl (C=O) groups excluding carboxylic acids is 2. The number of furan rings is 1. The molecule has 1 atom stereocenters. The van der Waals surface area contributed by atoms with Crippen LogP contribution < -0.4 is 10.6 Å². The molecule has 0 saturated carbocycles. The molecule has 1 aromatic rings. The summed E-state index contributed by atoms with van der Waals surface area (Å²) >= 11 is 0. The summed E-state index contributed by atoms with van der Waals surface area (Å²) in [7, 11) is 1.31. The van der Waals surface area contributed by atoms with E-state index in [0.717, 1.165) is 0 Å². The molecule has 1 unspecified atom stereocenters. The molecular formula is C13H19ClN2O5. The van der Waals surface area contributed by atoms with Crippen LogP contribution in [0, 0.1) is 6.92 Å². The smallest absolute Gasteiger partial charge is 0.341 e. The number of morpholine rings is 1. The van der Waals surface area contributed by atoms with E-state index in [4.69, 9.17) is 9.15 Å². The standard InChI is InChI=1S/C13H18N2O5.ClH/c1-8-10(13(17)18-2)5-9(20-8)6-15-12(16)11-7-19-4-3-14-11;/h5,11,14H,3-4,6-7H2,1-2H3,(H,15,16);1H. The van der Waals surface area contributed by atoms with Crippen LogP contribution in [0.3, 0.4) is 0 Å². The number of aryl methyl sites for hydroxylation is 1. The number of hydrogen-bond acceptors (Lipinski definition) is 6. The van der Waals surface area contributed by atoms with Gasteiger partial charge in [0.2, 0.25) is 5.91 Å². The fourth-order valence-electron chi connectivity index (χ4n) is 1.97. The van der Waals surface area contributed by atoms with Crippen molar-refractivity contribution in [3.63, 3.8) is 0 Å². The lowest BCUT2D eigenvalue weighted by atomic mass is 10.2. The quantitative estimate of drug-likeness (QED) is 0.781. The van der Waals surface area contributed by atoms with E-state index in [9.17, 15) is 9.59 Å². The number of rotatable bonds is 4. The van der Waals surface area contributed by atoms with Gasteiger partial charge < -0.3 is 24.5 Å². The number of nitrogens with one attached hydrogen (secondary N) is 2. The second kappa shape index (κ2) is 8.02. The largest absolute Gasteiger partial charge is 0.465 e. The van der Waals surface area contributed by atoms with Crippen LogP contribution in [-0.4, -0.2) is 44.8 Å². The van der Waals surface area contributed by atoms with E-state index >= 15 is 0 Å². The van der Waals surface area contributed by atoms with Crippen molar-refractivity contribution in [1.82, 2.24) is 10.6 Å². The van der Waals surface area contributed by atoms with Crippen LogP contribution in [0.5, 0.6) is 0 Å². The lowest BCUT2D eigenvalue weighted by molar-refractivity contribution is -0.126. The molecule has 8 heteroatoms. The molecule has 1 amide bonds. The highest BCUT2D eigenvalue weighted by Gasteiger charge is 2.21. The van der Waals surface area contributed by atoms with Gasteiger partial charge in [0.05, 0.1) is 26.9 Å². The van der Waals surface area contributed by atoms with E-state index in [1.165, 1.54) is 7.11 Å². The monoisotopic (exact) mass is 318 g/mol. The second-order valence-electron chi connectivity index (χ2n) is 4.47. The van der Waals surface area contributed by atoms with Gasteiger partial charge in [0.1, 0.15) is 23.1 Å². The first-order chi connectivity index (χ1) is 9.61. The van der Waals surface area contributed by atoms with Gasteiger partial charge in [-0.1, -0.05) is 0 Å². The van der Waals surface area contributed by atoms with Crippen molar-refractivity contribution >= 4 is 24.3 Å². The molecule has 1 fully saturated rings. The van der Waals surface area contributed by atoms with Crippen LogP contribution >= 0.6 is 12.4 Å². The highest BCUT2D eigenvalue weighted by Crippen LogP contribution is 2.15. The molecule has 0 spiro atoms. The molecule has 21 heavy (non-hydrogen) atoms. The number of halogens is 1. The molecule has 0 aliphatic carbocycles. The Balaban J connectivity index is 0.00000220. The Morgan fingerprint density at radius 2 is 2.29 bits per heavy atom. The van der Waals surface area contributed by atoms with E-state index in [0.29, 0.717) is 36.8 Å². The summed E-state index contributed by atoms with van der Waals surface area (Å²) in [6.07, 6.45) is 0. The van der Waals surface area contributed by atoms with Gasteiger partial charge in [-0.15, -0.1) is 12.4 Å². The SMILES string of the molecule is COC(=O)c1cc(CNC(=O)C2COCCN2)oc1C.Cl. The lowest BCUT2D eigenvalue weighted by Gasteiger charge is -2.22. The van der Waals surface area contributed by atoms with Crippen molar-refractivity contribution in [3.05, 3.63) is 23.2 Å². The summed E-state index contributed by atoms with van der Waals surface area (Å²) < 4.78 is 15.3. The summed E-state index contributed by atoms with van der Waals surface area (Å²) in [4.78, 5) is 23.3. The fourth-order valence-corrected chi connectivity index (χ4v) is 1.97. The van der Waals surface area contributed by atoms with Crippen molar-refractivity contribution in [2.24, 2.45) is 0 Å². The Bertz CT molecular complexity index is 497. The van der Waals surface area contributed by atoms with Gasteiger partial charge in [-0.05, 0) is 13.0 Å². The van der Waals surface area contributed by atoms with Gasteiger partial charge in [-0.2, -0.15) is 0 Å². The first kappa shape index (κ1) is 17.5. The topological polar surface area (TPSA) is 89.8 Å². The average Bonchev–Trinajstić information content (AvgIpc) is 2.86. The van der Waals surface area contributed by atoms with Crippen molar-refractivity contribution in [2.75, 3.05) is 26.9 Å². The molecule has 1 aliphatic heterocycles. The van der Waals surface area contributed by atoms with Gasteiger partial charge in [0.15, 0.2) is 0 Å². The molecule has 0 radical (unpaired) electrons. The molecule has 2 heterocycles. The van der Waals surface area contributed by atoms with E-state index in [1.807, 2.05) is 0 Å². The molecule has 1 aromatic heterocycles. The predicted octanol–water partition coefficient (Wildman–Crippen LogP) is 0.401. The molecule has 2 N–H and O–H groups in total. The minimum atomic E-state index is -0.453. The third kappa shape index (κ3) is 4.45. The van der Waals surface area contributed by atoms with Crippen molar-refractivity contribution in [1.29, 1.82) is 0 Å². The Hall–Kier alpha value is -1.57. The van der Waals surface area contributed by atoms with E-state index in [-0.39, 0.29) is 30.9 Å². The van der Waals surface area contributed by atoms with Gasteiger partial charge in [-0.25, -0.2) is 4.79 Å². The molecule has 118 valence electrons. The van der Waals surface area contributed by atoms with Gasteiger partial charge >= 0.3 is 5.97 Å². The first-order valence-corrected chi connectivity index (χ1v) is 6.38. The summed E-state index contributed by atoms with van der Waals surface area (Å²) in [5.41, 5.74) is 0.371. The fraction of sp³-hybridized carbons (Fsp3) is 0.538. The zero-order valence-electron chi connectivity index (χ0n) is 11.9. The maximum absolute atomic E-state index is 11.9. The van der Waals surface area contributed by atoms with Crippen LogP contribution in [0.4, 0.5) is 0 Å². The van der Waals surface area contributed by atoms with E-state index in [2.05, 4.69) is 15.4 Å². The molecule has 7 nitrogen and oxygen atoms in total. The molecule has 1 aliphatic rings. The molecule has 0 bridgehead atoms. The van der Waals surface area contributed by atoms with Crippen LogP contribution in [0.25, 0.3) is 0 Å². The third-order valence-corrected chi connectivity index (χ3v) is 3.05. The first-order valence-electron chi connectivity index (χ1n) is 6.38. The molecule has 0 aromatic carbocycles. The van der Waals surface area contributed by atoms with Crippen LogP contribution in [0.2, 0.25) is 0 Å². The van der Waals surface area contributed by atoms with Crippen LogP contribution in [0.1, 0.15) is 21.9 Å². The maximum atomic E-state index is 11.9. The van der Waals surface area contributed by atoms with Gasteiger partial charge in [0, 0.05) is 6.54 Å². The zero-order chi connectivity index (χ0) is 14.5. The summed E-state index contributed by atoms with van der Waals surface area (Å²) in [5, 5.41) is 5.80. The van der Waals surface area contributed by atoms with Gasteiger partial charge in [-0.3, -0.25) is 4.79 Å². The number of esters is 1. The summed E-state index contributed by atoms with van der Waals surface area (Å²) in [5.74, 6) is 0.373. The van der Waals surface area contributed by atoms with Crippen LogP contribution in [-0.2, 0) is 20.8 Å². The predicted molar refractivity (Wildman–Crippen MR) is 76.5 cm³/mol. The maximum Gasteiger partial charge on any atom is 0.341 e. The van der Waals surface area contributed by atoms with Crippen LogP contribution in [0.15, 0.2) is 10.5 Å². The second-order valence-corrected chi connectivity index (χ2v) is 4.47. The normalized spacial score (nSPS) is 17.7. The summed E-state index contributed by atoms with van der Waals surface area (Å²) in [6.45, 7) is 3.52. The molecule has 1 saturated heterocycles. The minimum Gasteiger partial charge on any atom is -0.465 e. The molecule has 2 rings (SSSR count). The third-order valence-electron chi connectivity index (χ3n) is 3.05. The Kier molecular flexibility index (Phi) is 6.67. The number of methoxy groups -OCH3 is 1. The van der Waals surface area contributed by atoms with E-state index < -0.39 is 5.97 Å². The summed E-state index contributed by atoms with van der Waals surface area (Å²) in [6, 6.07) is 1.23. The average molecular weight is 319 g/mol. The Morgan fingerprint density at radius 3 is 2.90 bits per heavy atom. The number of ether oxygens (including phenoxy) is 2. The minimum absolute atomic E-state index is 0. The molecular weight excluding hydrogens is 300 g/mol. The van der Waals surface area contributed by atoms with E-state index in [1.54, 1.807) is 13.0 Å². The van der Waals surface area contributed by atoms with Crippen molar-refractivity contribution in [2.45, 2.75) is 19.5 Å². The zero-order valence-corrected chi connectivity index (χ0v) is 12.7. The van der Waals surface area contributed by atoms with Gasteiger partial charge in [0.25, 0.3) is 0 Å². The highest BCUT2D eigenvalue weighted by molar-refractivity contribution is 5.90. The van der Waals surface area contributed by atoms with Crippen molar-refractivity contribution < 1.29 is 23.5 Å². The number of carbonyl (C=O) groups is 2.